The summed E-state index contributed by atoms with van der Waals surface area (Å²) < 4.78 is 33.2. The SMILES string of the molecule is NCc1ccc(CNS(=O)(=O)N2CCOCC2)cc1. The van der Waals surface area contributed by atoms with Crippen molar-refractivity contribution in [2.24, 2.45) is 5.73 Å². The molecule has 1 aromatic carbocycles. The van der Waals surface area contributed by atoms with Gasteiger partial charge in [0.05, 0.1) is 13.2 Å². The molecule has 0 aliphatic carbocycles. The minimum atomic E-state index is -3.42. The van der Waals surface area contributed by atoms with E-state index in [0.717, 1.165) is 11.1 Å². The summed E-state index contributed by atoms with van der Waals surface area (Å²) in [5.41, 5.74) is 7.45. The number of rotatable bonds is 5. The molecule has 19 heavy (non-hydrogen) atoms. The molecule has 0 saturated carbocycles. The highest BCUT2D eigenvalue weighted by Crippen LogP contribution is 2.06. The fourth-order valence-electron chi connectivity index (χ4n) is 1.85. The average Bonchev–Trinajstić information content (AvgIpc) is 2.47. The topological polar surface area (TPSA) is 84.7 Å². The molecule has 0 atom stereocenters. The van der Waals surface area contributed by atoms with Gasteiger partial charge in [-0.05, 0) is 11.1 Å². The largest absolute Gasteiger partial charge is 0.379 e. The van der Waals surface area contributed by atoms with E-state index >= 15 is 0 Å². The van der Waals surface area contributed by atoms with Crippen LogP contribution >= 0.6 is 0 Å². The Kier molecular flexibility index (Phi) is 4.89. The minimum absolute atomic E-state index is 0.282. The molecule has 2 rings (SSSR count). The second-order valence-corrected chi connectivity index (χ2v) is 6.11. The van der Waals surface area contributed by atoms with Crippen molar-refractivity contribution in [1.29, 1.82) is 0 Å². The highest BCUT2D eigenvalue weighted by Gasteiger charge is 2.23. The number of hydrogen-bond acceptors (Lipinski definition) is 4. The molecule has 0 radical (unpaired) electrons. The average molecular weight is 285 g/mol. The van der Waals surface area contributed by atoms with E-state index in [2.05, 4.69) is 4.72 Å². The van der Waals surface area contributed by atoms with E-state index in [9.17, 15) is 8.42 Å². The first-order valence-corrected chi connectivity index (χ1v) is 7.66. The Morgan fingerprint density at radius 2 is 1.74 bits per heavy atom. The van der Waals surface area contributed by atoms with Crippen LogP contribution < -0.4 is 10.5 Å². The summed E-state index contributed by atoms with van der Waals surface area (Å²) in [5.74, 6) is 0. The summed E-state index contributed by atoms with van der Waals surface area (Å²) in [7, 11) is -3.42. The summed E-state index contributed by atoms with van der Waals surface area (Å²) in [6.07, 6.45) is 0. The number of nitrogens with zero attached hydrogens (tertiary/aromatic N) is 1. The third-order valence-electron chi connectivity index (χ3n) is 3.03. The predicted octanol–water partition coefficient (Wildman–Crippen LogP) is -0.188. The fraction of sp³-hybridized carbons (Fsp3) is 0.500. The van der Waals surface area contributed by atoms with Gasteiger partial charge in [0, 0.05) is 26.2 Å². The normalized spacial score (nSPS) is 17.5. The molecule has 7 heteroatoms. The van der Waals surface area contributed by atoms with Gasteiger partial charge in [0.25, 0.3) is 10.2 Å². The first-order chi connectivity index (χ1) is 9.12. The monoisotopic (exact) mass is 285 g/mol. The molecule has 0 unspecified atom stereocenters. The highest BCUT2D eigenvalue weighted by molar-refractivity contribution is 7.87. The van der Waals surface area contributed by atoms with Gasteiger partial charge < -0.3 is 10.5 Å². The number of benzene rings is 1. The summed E-state index contributed by atoms with van der Waals surface area (Å²) in [4.78, 5) is 0. The van der Waals surface area contributed by atoms with Crippen LogP contribution in [0.25, 0.3) is 0 Å². The Bertz CT molecular complexity index is 495. The van der Waals surface area contributed by atoms with Gasteiger partial charge in [-0.25, -0.2) is 0 Å². The van der Waals surface area contributed by atoms with Crippen molar-refractivity contribution in [1.82, 2.24) is 9.03 Å². The predicted molar refractivity (Wildman–Crippen MR) is 72.5 cm³/mol. The van der Waals surface area contributed by atoms with Crippen molar-refractivity contribution in [2.75, 3.05) is 26.3 Å². The van der Waals surface area contributed by atoms with Crippen LogP contribution in [0.4, 0.5) is 0 Å². The molecule has 1 heterocycles. The molecule has 0 aromatic heterocycles. The molecule has 1 aliphatic rings. The first kappa shape index (κ1) is 14.4. The maximum atomic E-state index is 12.0. The van der Waals surface area contributed by atoms with Crippen LogP contribution in [0.5, 0.6) is 0 Å². The molecule has 0 spiro atoms. The van der Waals surface area contributed by atoms with Gasteiger partial charge in [0.1, 0.15) is 0 Å². The molecule has 0 amide bonds. The highest BCUT2D eigenvalue weighted by atomic mass is 32.2. The summed E-state index contributed by atoms with van der Waals surface area (Å²) in [5, 5.41) is 0. The summed E-state index contributed by atoms with van der Waals surface area (Å²) in [6, 6.07) is 7.56. The van der Waals surface area contributed by atoms with Gasteiger partial charge in [-0.15, -0.1) is 0 Å². The van der Waals surface area contributed by atoms with Crippen molar-refractivity contribution in [3.8, 4) is 0 Å². The number of nitrogens with two attached hydrogens (primary N) is 1. The second kappa shape index (κ2) is 6.44. The Labute approximate surface area is 113 Å². The van der Waals surface area contributed by atoms with Gasteiger partial charge in [-0.3, -0.25) is 0 Å². The molecular weight excluding hydrogens is 266 g/mol. The quantitative estimate of drug-likeness (QED) is 0.785. The number of nitrogens with one attached hydrogen (secondary N) is 1. The van der Waals surface area contributed by atoms with E-state index in [-0.39, 0.29) is 6.54 Å². The molecule has 6 nitrogen and oxygen atoms in total. The Morgan fingerprint density at radius 1 is 1.16 bits per heavy atom. The van der Waals surface area contributed by atoms with Crippen molar-refractivity contribution in [3.05, 3.63) is 35.4 Å². The van der Waals surface area contributed by atoms with Crippen LogP contribution in [0, 0.1) is 0 Å². The van der Waals surface area contributed by atoms with Gasteiger partial charge in [-0.2, -0.15) is 17.4 Å². The van der Waals surface area contributed by atoms with E-state index in [4.69, 9.17) is 10.5 Å². The maximum Gasteiger partial charge on any atom is 0.279 e. The lowest BCUT2D eigenvalue weighted by atomic mass is 10.1. The van der Waals surface area contributed by atoms with Crippen LogP contribution in [0.3, 0.4) is 0 Å². The van der Waals surface area contributed by atoms with Gasteiger partial charge >= 0.3 is 0 Å². The first-order valence-electron chi connectivity index (χ1n) is 6.22. The fourth-order valence-corrected chi connectivity index (χ4v) is 3.01. The third kappa shape index (κ3) is 3.99. The summed E-state index contributed by atoms with van der Waals surface area (Å²) >= 11 is 0. The number of ether oxygens (including phenoxy) is 1. The molecule has 106 valence electrons. The Balaban J connectivity index is 1.92. The Morgan fingerprint density at radius 3 is 2.32 bits per heavy atom. The van der Waals surface area contributed by atoms with Crippen LogP contribution in [0.2, 0.25) is 0 Å². The lowest BCUT2D eigenvalue weighted by molar-refractivity contribution is 0.0725. The molecule has 1 aliphatic heterocycles. The minimum Gasteiger partial charge on any atom is -0.379 e. The van der Waals surface area contributed by atoms with Crippen molar-refractivity contribution < 1.29 is 13.2 Å². The molecule has 0 bridgehead atoms. The maximum absolute atomic E-state index is 12.0. The smallest absolute Gasteiger partial charge is 0.279 e. The zero-order valence-corrected chi connectivity index (χ0v) is 11.5. The van der Waals surface area contributed by atoms with Crippen LogP contribution in [0.15, 0.2) is 24.3 Å². The molecule has 1 saturated heterocycles. The van der Waals surface area contributed by atoms with Crippen LogP contribution in [-0.2, 0) is 28.0 Å². The van der Waals surface area contributed by atoms with E-state index in [1.165, 1.54) is 4.31 Å². The molecule has 1 aromatic rings. The third-order valence-corrected chi connectivity index (χ3v) is 4.58. The summed E-state index contributed by atoms with van der Waals surface area (Å²) in [6.45, 7) is 2.48. The Hall–Kier alpha value is -0.990. The number of morpholine rings is 1. The van der Waals surface area contributed by atoms with E-state index in [0.29, 0.717) is 32.8 Å². The molecular formula is C12H19N3O3S. The lowest BCUT2D eigenvalue weighted by Crippen LogP contribution is -2.46. The number of hydrogen-bond donors (Lipinski definition) is 2. The van der Waals surface area contributed by atoms with Crippen molar-refractivity contribution in [2.45, 2.75) is 13.1 Å². The van der Waals surface area contributed by atoms with Gasteiger partial charge in [0.15, 0.2) is 0 Å². The lowest BCUT2D eigenvalue weighted by Gasteiger charge is -2.26. The zero-order valence-electron chi connectivity index (χ0n) is 10.7. The molecule has 1 fully saturated rings. The standard InChI is InChI=1S/C12H19N3O3S/c13-9-11-1-3-12(4-2-11)10-14-19(16,17)15-5-7-18-8-6-15/h1-4,14H,5-10,13H2. The van der Waals surface area contributed by atoms with E-state index in [1.54, 1.807) is 0 Å². The van der Waals surface area contributed by atoms with Crippen molar-refractivity contribution in [3.63, 3.8) is 0 Å². The van der Waals surface area contributed by atoms with Gasteiger partial charge in [-0.1, -0.05) is 24.3 Å². The zero-order chi connectivity index (χ0) is 13.7. The van der Waals surface area contributed by atoms with E-state index < -0.39 is 10.2 Å². The molecule has 3 N–H and O–H groups in total. The van der Waals surface area contributed by atoms with Gasteiger partial charge in [0.2, 0.25) is 0 Å². The second-order valence-electron chi connectivity index (χ2n) is 4.36. The van der Waals surface area contributed by atoms with Crippen LogP contribution in [-0.4, -0.2) is 39.0 Å². The van der Waals surface area contributed by atoms with Crippen molar-refractivity contribution >= 4 is 10.2 Å². The van der Waals surface area contributed by atoms with Crippen LogP contribution in [0.1, 0.15) is 11.1 Å². The van der Waals surface area contributed by atoms with E-state index in [1.807, 2.05) is 24.3 Å².